The first-order valence-electron chi connectivity index (χ1n) is 5.10. The van der Waals surface area contributed by atoms with Crippen molar-refractivity contribution in [2.45, 2.75) is 32.2 Å². The molecule has 0 amide bonds. The first kappa shape index (κ1) is 12.9. The van der Waals surface area contributed by atoms with Crippen LogP contribution in [0.2, 0.25) is 0 Å². The lowest BCUT2D eigenvalue weighted by atomic mass is 9.96. The molecule has 1 rings (SSSR count). The van der Waals surface area contributed by atoms with Crippen LogP contribution in [0.3, 0.4) is 0 Å². The van der Waals surface area contributed by atoms with Gasteiger partial charge in [-0.1, -0.05) is 18.4 Å². The molecule has 1 aromatic rings. The lowest BCUT2D eigenvalue weighted by Crippen LogP contribution is -2.43. The van der Waals surface area contributed by atoms with Crippen molar-refractivity contribution in [2.75, 3.05) is 5.32 Å². The predicted molar refractivity (Wildman–Crippen MR) is 59.8 cm³/mol. The van der Waals surface area contributed by atoms with Gasteiger partial charge in [-0.05, 0) is 18.3 Å². The Morgan fingerprint density at radius 3 is 2.88 bits per heavy atom. The maximum Gasteiger partial charge on any atom is 0.366 e. The van der Waals surface area contributed by atoms with Gasteiger partial charge in [0.15, 0.2) is 5.69 Å². The van der Waals surface area contributed by atoms with E-state index in [9.17, 15) is 14.9 Å². The van der Waals surface area contributed by atoms with E-state index in [4.69, 9.17) is 5.11 Å². The van der Waals surface area contributed by atoms with Gasteiger partial charge in [0.1, 0.15) is 11.7 Å². The Bertz CT molecular complexity index is 430. The molecule has 0 radical (unpaired) electrons. The van der Waals surface area contributed by atoms with Crippen LogP contribution in [0, 0.1) is 10.1 Å². The van der Waals surface area contributed by atoms with Crippen LogP contribution in [0.4, 0.5) is 11.5 Å². The molecule has 0 saturated heterocycles. The van der Waals surface area contributed by atoms with Gasteiger partial charge in [-0.25, -0.2) is 4.79 Å². The largest absolute Gasteiger partial charge is 0.480 e. The maximum absolute atomic E-state index is 11.2. The number of aromatic amines is 1. The molecule has 0 aliphatic carbocycles. The molecule has 1 atom stereocenters. The summed E-state index contributed by atoms with van der Waals surface area (Å²) in [7, 11) is 0. The highest BCUT2D eigenvalue weighted by Crippen LogP contribution is 2.26. The summed E-state index contributed by atoms with van der Waals surface area (Å²) < 4.78 is 0. The number of anilines is 1. The van der Waals surface area contributed by atoms with Crippen LogP contribution < -0.4 is 5.32 Å². The Morgan fingerprint density at radius 1 is 1.76 bits per heavy atom. The van der Waals surface area contributed by atoms with Crippen molar-refractivity contribution in [3.05, 3.63) is 16.3 Å². The average molecular weight is 242 g/mol. The fourth-order valence-corrected chi connectivity index (χ4v) is 1.53. The Morgan fingerprint density at radius 2 is 2.41 bits per heavy atom. The molecule has 17 heavy (non-hydrogen) atoms. The molecular weight excluding hydrogens is 228 g/mol. The minimum absolute atomic E-state index is 0.0772. The minimum Gasteiger partial charge on any atom is -0.480 e. The number of hydrogen-bond acceptors (Lipinski definition) is 5. The fourth-order valence-electron chi connectivity index (χ4n) is 1.53. The van der Waals surface area contributed by atoms with Crippen LogP contribution in [0.25, 0.3) is 0 Å². The van der Waals surface area contributed by atoms with Crippen molar-refractivity contribution in [1.82, 2.24) is 10.2 Å². The van der Waals surface area contributed by atoms with E-state index in [2.05, 4.69) is 15.5 Å². The normalized spacial score (nSPS) is 14.0. The van der Waals surface area contributed by atoms with Gasteiger partial charge in [-0.2, -0.15) is 0 Å². The minimum atomic E-state index is -1.25. The molecule has 1 unspecified atom stereocenters. The summed E-state index contributed by atoms with van der Waals surface area (Å²) in [6.45, 7) is 3.32. The molecular formula is C9H14N4O4. The third-order valence-electron chi connectivity index (χ3n) is 2.43. The Labute approximate surface area is 97.2 Å². The molecule has 0 spiro atoms. The first-order chi connectivity index (χ1) is 7.90. The topological polar surface area (TPSA) is 121 Å². The Balaban J connectivity index is 2.98. The second-order valence-corrected chi connectivity index (χ2v) is 3.90. The van der Waals surface area contributed by atoms with Crippen LogP contribution in [-0.2, 0) is 4.79 Å². The number of aliphatic carboxylic acids is 1. The van der Waals surface area contributed by atoms with Crippen molar-refractivity contribution < 1.29 is 14.8 Å². The van der Waals surface area contributed by atoms with E-state index in [0.717, 1.165) is 0 Å². The Kier molecular flexibility index (Phi) is 3.66. The molecule has 0 aromatic carbocycles. The second-order valence-electron chi connectivity index (χ2n) is 3.90. The van der Waals surface area contributed by atoms with Crippen LogP contribution in [0.1, 0.15) is 26.7 Å². The molecule has 8 nitrogen and oxygen atoms in total. The van der Waals surface area contributed by atoms with Gasteiger partial charge < -0.3 is 20.5 Å². The molecule has 0 aliphatic rings. The molecule has 8 heteroatoms. The summed E-state index contributed by atoms with van der Waals surface area (Å²) in [5.41, 5.74) is -1.17. The van der Waals surface area contributed by atoms with Gasteiger partial charge >= 0.3 is 11.8 Å². The van der Waals surface area contributed by atoms with Gasteiger partial charge in [-0.15, -0.1) is 5.10 Å². The monoisotopic (exact) mass is 242 g/mol. The summed E-state index contributed by atoms with van der Waals surface area (Å²) >= 11 is 0. The lowest BCUT2D eigenvalue weighted by molar-refractivity contribution is -0.388. The number of hydrogen-bond donors (Lipinski definition) is 3. The third-order valence-corrected chi connectivity index (χ3v) is 2.43. The van der Waals surface area contributed by atoms with Gasteiger partial charge in [0.2, 0.25) is 0 Å². The zero-order chi connectivity index (χ0) is 13.1. The summed E-state index contributed by atoms with van der Waals surface area (Å²) in [5, 5.41) is 28.2. The van der Waals surface area contributed by atoms with E-state index in [1.165, 1.54) is 13.1 Å². The summed E-state index contributed by atoms with van der Waals surface area (Å²) in [4.78, 5) is 21.1. The molecule has 3 N–H and O–H groups in total. The van der Waals surface area contributed by atoms with Crippen LogP contribution in [0.15, 0.2) is 6.20 Å². The van der Waals surface area contributed by atoms with Crippen molar-refractivity contribution in [2.24, 2.45) is 0 Å². The first-order valence-corrected chi connectivity index (χ1v) is 5.10. The van der Waals surface area contributed by atoms with Gasteiger partial charge in [0, 0.05) is 0 Å². The van der Waals surface area contributed by atoms with Gasteiger partial charge in [0.25, 0.3) is 0 Å². The molecule has 0 fully saturated rings. The molecule has 0 saturated carbocycles. The number of rotatable bonds is 6. The number of nitrogens with one attached hydrogen (secondary N) is 2. The Hall–Kier alpha value is -2.12. The van der Waals surface area contributed by atoms with Crippen molar-refractivity contribution in [3.63, 3.8) is 0 Å². The van der Waals surface area contributed by atoms with E-state index in [1.54, 1.807) is 0 Å². The number of carboxylic acids is 1. The molecule has 1 heterocycles. The zero-order valence-corrected chi connectivity index (χ0v) is 9.56. The molecule has 0 aliphatic heterocycles. The lowest BCUT2D eigenvalue weighted by Gasteiger charge is -2.25. The van der Waals surface area contributed by atoms with E-state index in [-0.39, 0.29) is 11.5 Å². The number of H-pyrrole nitrogens is 1. The highest BCUT2D eigenvalue weighted by atomic mass is 16.6. The van der Waals surface area contributed by atoms with E-state index >= 15 is 0 Å². The van der Waals surface area contributed by atoms with Crippen LogP contribution >= 0.6 is 0 Å². The van der Waals surface area contributed by atoms with Crippen molar-refractivity contribution in [1.29, 1.82) is 0 Å². The summed E-state index contributed by atoms with van der Waals surface area (Å²) in [6.07, 6.45) is 2.20. The molecule has 0 bridgehead atoms. The van der Waals surface area contributed by atoms with Crippen LogP contribution in [0.5, 0.6) is 0 Å². The standard InChI is InChI=1S/C9H14N4O4/c1-3-4-9(2,8(14)15)11-6-5-10-12-7(6)13(16)17/h5,11H,3-4H2,1-2H3,(H,10,12)(H,14,15). The average Bonchev–Trinajstić information content (AvgIpc) is 2.65. The number of nitro groups is 1. The second kappa shape index (κ2) is 4.81. The quantitative estimate of drug-likeness (QED) is 0.511. The smallest absolute Gasteiger partial charge is 0.366 e. The van der Waals surface area contributed by atoms with E-state index < -0.39 is 16.4 Å². The number of carbonyl (C=O) groups is 1. The zero-order valence-electron chi connectivity index (χ0n) is 9.56. The number of aromatic nitrogens is 2. The highest BCUT2D eigenvalue weighted by molar-refractivity contribution is 5.83. The third kappa shape index (κ3) is 2.71. The van der Waals surface area contributed by atoms with Gasteiger partial charge in [-0.3, -0.25) is 0 Å². The van der Waals surface area contributed by atoms with Crippen molar-refractivity contribution in [3.8, 4) is 0 Å². The van der Waals surface area contributed by atoms with E-state index in [1.807, 2.05) is 6.92 Å². The highest BCUT2D eigenvalue weighted by Gasteiger charge is 2.34. The molecule has 94 valence electrons. The van der Waals surface area contributed by atoms with Crippen LogP contribution in [-0.4, -0.2) is 31.7 Å². The van der Waals surface area contributed by atoms with Gasteiger partial charge in [0.05, 0.1) is 0 Å². The SMILES string of the molecule is CCCC(C)(Nc1cn[nH]c1[N+](=O)[O-])C(=O)O. The summed E-state index contributed by atoms with van der Waals surface area (Å²) in [6, 6.07) is 0. The van der Waals surface area contributed by atoms with Crippen molar-refractivity contribution >= 4 is 17.5 Å². The molecule has 1 aromatic heterocycles. The predicted octanol–water partition coefficient (Wildman–Crippen LogP) is 1.37. The maximum atomic E-state index is 11.2. The number of nitrogens with zero attached hydrogens (tertiary/aromatic N) is 2. The van der Waals surface area contributed by atoms with E-state index in [0.29, 0.717) is 12.8 Å². The number of carboxylic acid groups (broad SMARTS) is 1. The fraction of sp³-hybridized carbons (Fsp3) is 0.556. The summed E-state index contributed by atoms with van der Waals surface area (Å²) in [5.74, 6) is -1.40.